The van der Waals surface area contributed by atoms with E-state index in [1.807, 2.05) is 12.1 Å². The van der Waals surface area contributed by atoms with Crippen LogP contribution in [-0.4, -0.2) is 28.7 Å². The lowest BCUT2D eigenvalue weighted by Crippen LogP contribution is -2.52. The fourth-order valence-electron chi connectivity index (χ4n) is 4.49. The van der Waals surface area contributed by atoms with E-state index in [1.54, 1.807) is 4.90 Å². The number of nitrogens with zero attached hydrogens (tertiary/aromatic N) is 1. The molecule has 0 bridgehead atoms. The van der Waals surface area contributed by atoms with Crippen LogP contribution in [0, 0.1) is 0 Å². The van der Waals surface area contributed by atoms with Gasteiger partial charge in [0, 0.05) is 31.6 Å². The standard InChI is InChI=1S/C22H21N3O3/c26-20-7-6-19(21(27)24-20)25-12-18-14(2-1-3-17(18)22(25)28)8-13-4-5-15-10-23-11-16(15)9-13/h1-5,9,19,23H,6-8,10-12H2,(H,24,26,27). The van der Waals surface area contributed by atoms with Crippen LogP contribution in [-0.2, 0) is 35.6 Å². The van der Waals surface area contributed by atoms with Gasteiger partial charge in [0.05, 0.1) is 0 Å². The second kappa shape index (κ2) is 6.56. The molecule has 0 aromatic heterocycles. The van der Waals surface area contributed by atoms with Crippen molar-refractivity contribution < 1.29 is 14.4 Å². The summed E-state index contributed by atoms with van der Waals surface area (Å²) < 4.78 is 0. The summed E-state index contributed by atoms with van der Waals surface area (Å²) in [5.41, 5.74) is 6.70. The van der Waals surface area contributed by atoms with Gasteiger partial charge in [0.25, 0.3) is 5.91 Å². The number of imide groups is 1. The molecule has 2 aromatic rings. The molecule has 6 nitrogen and oxygen atoms in total. The summed E-state index contributed by atoms with van der Waals surface area (Å²) in [6, 6.07) is 11.8. The Morgan fingerprint density at radius 2 is 1.89 bits per heavy atom. The predicted molar refractivity (Wildman–Crippen MR) is 102 cm³/mol. The van der Waals surface area contributed by atoms with Gasteiger partial charge < -0.3 is 10.2 Å². The molecule has 3 aliphatic rings. The summed E-state index contributed by atoms with van der Waals surface area (Å²) in [7, 11) is 0. The smallest absolute Gasteiger partial charge is 0.255 e. The fraction of sp³-hybridized carbons (Fsp3) is 0.318. The Bertz CT molecular complexity index is 1010. The highest BCUT2D eigenvalue weighted by molar-refractivity contribution is 6.05. The molecule has 5 rings (SSSR count). The maximum atomic E-state index is 12.9. The van der Waals surface area contributed by atoms with Crippen LogP contribution < -0.4 is 10.6 Å². The molecule has 2 N–H and O–H groups in total. The lowest BCUT2D eigenvalue weighted by molar-refractivity contribution is -0.136. The van der Waals surface area contributed by atoms with Gasteiger partial charge in [-0.05, 0) is 46.7 Å². The minimum atomic E-state index is -0.573. The number of rotatable bonds is 3. The van der Waals surface area contributed by atoms with Crippen molar-refractivity contribution in [1.82, 2.24) is 15.5 Å². The van der Waals surface area contributed by atoms with Crippen LogP contribution in [0.1, 0.15) is 51.0 Å². The molecule has 1 unspecified atom stereocenters. The molecule has 3 amide bonds. The topological polar surface area (TPSA) is 78.5 Å². The first-order chi connectivity index (χ1) is 13.6. The molecule has 2 aromatic carbocycles. The van der Waals surface area contributed by atoms with Crippen LogP contribution in [0.5, 0.6) is 0 Å². The Labute approximate surface area is 162 Å². The first-order valence-corrected chi connectivity index (χ1v) is 9.67. The minimum Gasteiger partial charge on any atom is -0.322 e. The first kappa shape index (κ1) is 17.1. The van der Waals surface area contributed by atoms with Gasteiger partial charge in [0.1, 0.15) is 6.04 Å². The Balaban J connectivity index is 1.42. The molecular weight excluding hydrogens is 354 g/mol. The third kappa shape index (κ3) is 2.81. The highest BCUT2D eigenvalue weighted by atomic mass is 16.2. The van der Waals surface area contributed by atoms with Crippen molar-refractivity contribution in [2.24, 2.45) is 0 Å². The molecule has 1 fully saturated rings. The van der Waals surface area contributed by atoms with E-state index >= 15 is 0 Å². The molecule has 1 saturated heterocycles. The van der Waals surface area contributed by atoms with Crippen molar-refractivity contribution in [3.8, 4) is 0 Å². The van der Waals surface area contributed by atoms with E-state index in [4.69, 9.17) is 0 Å². The number of fused-ring (bicyclic) bond motifs is 2. The molecular formula is C22H21N3O3. The Kier molecular flexibility index (Phi) is 4.02. The van der Waals surface area contributed by atoms with Crippen molar-refractivity contribution in [3.05, 3.63) is 69.8 Å². The van der Waals surface area contributed by atoms with E-state index < -0.39 is 6.04 Å². The quantitative estimate of drug-likeness (QED) is 0.800. The van der Waals surface area contributed by atoms with Crippen LogP contribution in [0.3, 0.4) is 0 Å². The first-order valence-electron chi connectivity index (χ1n) is 9.67. The minimum absolute atomic E-state index is 0.121. The highest BCUT2D eigenvalue weighted by Gasteiger charge is 2.39. The van der Waals surface area contributed by atoms with E-state index in [0.29, 0.717) is 18.5 Å². The average Bonchev–Trinajstić information content (AvgIpc) is 3.27. The number of carbonyl (C=O) groups is 3. The largest absolute Gasteiger partial charge is 0.322 e. The van der Waals surface area contributed by atoms with Crippen LogP contribution in [0.25, 0.3) is 0 Å². The Morgan fingerprint density at radius 1 is 1.04 bits per heavy atom. The van der Waals surface area contributed by atoms with Crippen LogP contribution in [0.4, 0.5) is 0 Å². The van der Waals surface area contributed by atoms with Gasteiger partial charge in [0.15, 0.2) is 0 Å². The maximum Gasteiger partial charge on any atom is 0.255 e. The fourth-order valence-corrected chi connectivity index (χ4v) is 4.49. The summed E-state index contributed by atoms with van der Waals surface area (Å²) in [5, 5.41) is 5.72. The van der Waals surface area contributed by atoms with Crippen LogP contribution >= 0.6 is 0 Å². The average molecular weight is 375 g/mol. The molecule has 0 saturated carbocycles. The molecule has 28 heavy (non-hydrogen) atoms. The lowest BCUT2D eigenvalue weighted by Gasteiger charge is -2.29. The van der Waals surface area contributed by atoms with Gasteiger partial charge in [-0.25, -0.2) is 0 Å². The number of nitrogens with one attached hydrogen (secondary N) is 2. The number of amides is 3. The second-order valence-corrected chi connectivity index (χ2v) is 7.73. The van der Waals surface area contributed by atoms with E-state index in [2.05, 4.69) is 34.9 Å². The van der Waals surface area contributed by atoms with Crippen molar-refractivity contribution in [2.45, 2.75) is 44.9 Å². The SMILES string of the molecule is O=C1CCC(N2Cc3c(Cc4ccc5c(c4)CNC5)cccc3C2=O)C(=O)N1. The van der Waals surface area contributed by atoms with Crippen molar-refractivity contribution >= 4 is 17.7 Å². The zero-order valence-corrected chi connectivity index (χ0v) is 15.5. The Morgan fingerprint density at radius 3 is 2.75 bits per heavy atom. The van der Waals surface area contributed by atoms with Crippen LogP contribution in [0.15, 0.2) is 36.4 Å². The molecule has 142 valence electrons. The third-order valence-corrected chi connectivity index (χ3v) is 5.98. The number of hydrogen-bond donors (Lipinski definition) is 2. The van der Waals surface area contributed by atoms with Crippen molar-refractivity contribution in [1.29, 1.82) is 0 Å². The molecule has 0 aliphatic carbocycles. The lowest BCUT2D eigenvalue weighted by atomic mass is 9.95. The Hall–Kier alpha value is -2.99. The molecule has 3 aliphatic heterocycles. The number of hydrogen-bond acceptors (Lipinski definition) is 4. The highest BCUT2D eigenvalue weighted by Crippen LogP contribution is 2.31. The van der Waals surface area contributed by atoms with E-state index in [1.165, 1.54) is 16.7 Å². The summed E-state index contributed by atoms with van der Waals surface area (Å²) in [4.78, 5) is 38.2. The number of piperidine rings is 1. The van der Waals surface area contributed by atoms with Crippen molar-refractivity contribution in [2.75, 3.05) is 0 Å². The summed E-state index contributed by atoms with van der Waals surface area (Å²) in [5.74, 6) is -0.758. The van der Waals surface area contributed by atoms with E-state index in [0.717, 1.165) is 30.6 Å². The van der Waals surface area contributed by atoms with Crippen LogP contribution in [0.2, 0.25) is 0 Å². The molecule has 0 radical (unpaired) electrons. The zero-order chi connectivity index (χ0) is 19.3. The predicted octanol–water partition coefficient (Wildman–Crippen LogP) is 1.64. The summed E-state index contributed by atoms with van der Waals surface area (Å²) in [6.07, 6.45) is 1.41. The van der Waals surface area contributed by atoms with Crippen molar-refractivity contribution in [3.63, 3.8) is 0 Å². The molecule has 6 heteroatoms. The molecule has 1 atom stereocenters. The number of benzene rings is 2. The summed E-state index contributed by atoms with van der Waals surface area (Å²) in [6.45, 7) is 2.24. The van der Waals surface area contributed by atoms with Gasteiger partial charge in [-0.1, -0.05) is 30.3 Å². The second-order valence-electron chi connectivity index (χ2n) is 7.73. The monoisotopic (exact) mass is 375 g/mol. The zero-order valence-electron chi connectivity index (χ0n) is 15.5. The van der Waals surface area contributed by atoms with Gasteiger partial charge in [-0.3, -0.25) is 19.7 Å². The normalized spacial score (nSPS) is 20.9. The van der Waals surface area contributed by atoms with E-state index in [-0.39, 0.29) is 24.1 Å². The van der Waals surface area contributed by atoms with Gasteiger partial charge in [0.2, 0.25) is 11.8 Å². The van der Waals surface area contributed by atoms with Gasteiger partial charge >= 0.3 is 0 Å². The molecule has 0 spiro atoms. The maximum absolute atomic E-state index is 12.9. The molecule has 3 heterocycles. The van der Waals surface area contributed by atoms with E-state index in [9.17, 15) is 14.4 Å². The van der Waals surface area contributed by atoms with Gasteiger partial charge in [-0.15, -0.1) is 0 Å². The third-order valence-electron chi connectivity index (χ3n) is 5.98. The van der Waals surface area contributed by atoms with Gasteiger partial charge in [-0.2, -0.15) is 0 Å². The number of carbonyl (C=O) groups excluding carboxylic acids is 3. The summed E-state index contributed by atoms with van der Waals surface area (Å²) >= 11 is 0.